The van der Waals surface area contributed by atoms with Crippen LogP contribution in [0, 0.1) is 0 Å². The largest absolute Gasteiger partial charge is 0.493 e. The van der Waals surface area contributed by atoms with E-state index in [9.17, 15) is 18.0 Å². The van der Waals surface area contributed by atoms with Crippen molar-refractivity contribution in [3.05, 3.63) is 53.6 Å². The topological polar surface area (TPSA) is 128 Å². The Balaban J connectivity index is 1.71. The van der Waals surface area contributed by atoms with Gasteiger partial charge in [0.15, 0.2) is 17.3 Å². The van der Waals surface area contributed by atoms with E-state index in [0.29, 0.717) is 41.6 Å². The SMILES string of the molecule is COc1cc(/C=C\C(=O)c2ccc(S(=O)(=O)NCCC(=O)O)cc2)cc2c1OCCO2. The molecule has 2 N–H and O–H groups in total. The number of aliphatic carboxylic acids is 1. The summed E-state index contributed by atoms with van der Waals surface area (Å²) in [5.74, 6) is 0.116. The zero-order chi connectivity index (χ0) is 22.4. The molecule has 1 heterocycles. The van der Waals surface area contributed by atoms with Crippen molar-refractivity contribution in [2.75, 3.05) is 26.9 Å². The normalized spacial score (nSPS) is 13.2. The van der Waals surface area contributed by atoms with E-state index in [1.165, 1.54) is 37.5 Å². The minimum absolute atomic E-state index is 0.0602. The number of carbonyl (C=O) groups is 2. The van der Waals surface area contributed by atoms with Gasteiger partial charge in [0.1, 0.15) is 13.2 Å². The number of fused-ring (bicyclic) bond motifs is 1. The molecular formula is C21H21NO8S. The van der Waals surface area contributed by atoms with Crippen LogP contribution in [0.5, 0.6) is 17.2 Å². The Morgan fingerprint density at radius 3 is 2.55 bits per heavy atom. The van der Waals surface area contributed by atoms with Crippen molar-refractivity contribution in [3.63, 3.8) is 0 Å². The quantitative estimate of drug-likeness (QED) is 0.442. The van der Waals surface area contributed by atoms with Gasteiger partial charge in [0, 0.05) is 12.1 Å². The third kappa shape index (κ3) is 5.62. The molecule has 31 heavy (non-hydrogen) atoms. The first-order valence-corrected chi connectivity index (χ1v) is 10.8. The highest BCUT2D eigenvalue weighted by molar-refractivity contribution is 7.89. The van der Waals surface area contributed by atoms with Gasteiger partial charge in [-0.2, -0.15) is 0 Å². The highest BCUT2D eigenvalue weighted by atomic mass is 32.2. The number of hydrogen-bond donors (Lipinski definition) is 2. The summed E-state index contributed by atoms with van der Waals surface area (Å²) in [6.45, 7) is 0.626. The lowest BCUT2D eigenvalue weighted by atomic mass is 10.1. The first kappa shape index (κ1) is 22.3. The third-order valence-corrected chi connectivity index (χ3v) is 5.83. The fourth-order valence-corrected chi connectivity index (χ4v) is 3.86. The summed E-state index contributed by atoms with van der Waals surface area (Å²) >= 11 is 0. The molecule has 0 aromatic heterocycles. The van der Waals surface area contributed by atoms with E-state index in [0.717, 1.165) is 0 Å². The molecule has 0 radical (unpaired) electrons. The van der Waals surface area contributed by atoms with Gasteiger partial charge in [-0.1, -0.05) is 6.08 Å². The van der Waals surface area contributed by atoms with Crippen LogP contribution in [0.1, 0.15) is 22.3 Å². The van der Waals surface area contributed by atoms with E-state index in [1.54, 1.807) is 18.2 Å². The number of benzene rings is 2. The molecule has 2 aromatic rings. The van der Waals surface area contributed by atoms with Gasteiger partial charge in [-0.15, -0.1) is 0 Å². The number of ketones is 1. The van der Waals surface area contributed by atoms with E-state index >= 15 is 0 Å². The summed E-state index contributed by atoms with van der Waals surface area (Å²) in [6.07, 6.45) is 2.63. The molecule has 10 heteroatoms. The first-order chi connectivity index (χ1) is 14.8. The molecule has 0 bridgehead atoms. The monoisotopic (exact) mass is 447 g/mol. The number of sulfonamides is 1. The highest BCUT2D eigenvalue weighted by Gasteiger charge is 2.18. The number of nitrogens with one attached hydrogen (secondary N) is 1. The number of rotatable bonds is 9. The molecule has 0 unspecified atom stereocenters. The molecule has 0 saturated carbocycles. The summed E-state index contributed by atoms with van der Waals surface area (Å²) in [4.78, 5) is 22.9. The molecule has 0 fully saturated rings. The lowest BCUT2D eigenvalue weighted by Crippen LogP contribution is -2.26. The van der Waals surface area contributed by atoms with Gasteiger partial charge < -0.3 is 19.3 Å². The van der Waals surface area contributed by atoms with E-state index in [-0.39, 0.29) is 23.6 Å². The number of ether oxygens (including phenoxy) is 3. The Bertz CT molecular complexity index is 1090. The van der Waals surface area contributed by atoms with Gasteiger partial charge in [-0.3, -0.25) is 9.59 Å². The molecule has 0 spiro atoms. The molecular weight excluding hydrogens is 426 g/mol. The number of methoxy groups -OCH3 is 1. The predicted octanol–water partition coefficient (Wildman–Crippen LogP) is 2.12. The average Bonchev–Trinajstić information content (AvgIpc) is 2.76. The summed E-state index contributed by atoms with van der Waals surface area (Å²) in [7, 11) is -2.34. The summed E-state index contributed by atoms with van der Waals surface area (Å²) in [5.41, 5.74) is 0.974. The zero-order valence-electron chi connectivity index (χ0n) is 16.7. The fourth-order valence-electron chi connectivity index (χ4n) is 2.83. The molecule has 164 valence electrons. The van der Waals surface area contributed by atoms with Gasteiger partial charge in [-0.25, -0.2) is 13.1 Å². The summed E-state index contributed by atoms with van der Waals surface area (Å²) in [6, 6.07) is 8.81. The van der Waals surface area contributed by atoms with Gasteiger partial charge >= 0.3 is 5.97 Å². The van der Waals surface area contributed by atoms with Gasteiger partial charge in [0.05, 0.1) is 18.4 Å². The number of allylic oxidation sites excluding steroid dienone is 1. The molecule has 2 aromatic carbocycles. The van der Waals surface area contributed by atoms with Crippen molar-refractivity contribution in [3.8, 4) is 17.2 Å². The molecule has 0 aliphatic carbocycles. The lowest BCUT2D eigenvalue weighted by molar-refractivity contribution is -0.136. The van der Waals surface area contributed by atoms with Crippen molar-refractivity contribution < 1.29 is 37.3 Å². The van der Waals surface area contributed by atoms with Crippen LogP contribution in [0.3, 0.4) is 0 Å². The molecule has 9 nitrogen and oxygen atoms in total. The van der Waals surface area contributed by atoms with Gasteiger partial charge in [0.25, 0.3) is 0 Å². The second-order valence-electron chi connectivity index (χ2n) is 6.51. The minimum Gasteiger partial charge on any atom is -0.493 e. The number of carbonyl (C=O) groups excluding carboxylic acids is 1. The van der Waals surface area contributed by atoms with Crippen LogP contribution in [0.25, 0.3) is 6.08 Å². The van der Waals surface area contributed by atoms with Gasteiger partial charge in [0.2, 0.25) is 15.8 Å². The Morgan fingerprint density at radius 1 is 1.16 bits per heavy atom. The van der Waals surface area contributed by atoms with Crippen molar-refractivity contribution in [2.45, 2.75) is 11.3 Å². The van der Waals surface area contributed by atoms with Crippen molar-refractivity contribution in [1.29, 1.82) is 0 Å². The molecule has 1 aliphatic rings. The Morgan fingerprint density at radius 2 is 1.87 bits per heavy atom. The second-order valence-corrected chi connectivity index (χ2v) is 8.28. The molecule has 0 saturated heterocycles. The second kappa shape index (κ2) is 9.63. The Kier molecular flexibility index (Phi) is 6.93. The van der Waals surface area contributed by atoms with E-state index in [2.05, 4.69) is 4.72 Å². The van der Waals surface area contributed by atoms with Crippen LogP contribution in [-0.2, 0) is 14.8 Å². The first-order valence-electron chi connectivity index (χ1n) is 9.32. The maximum absolute atomic E-state index is 12.5. The van der Waals surface area contributed by atoms with Crippen molar-refractivity contribution >= 4 is 27.9 Å². The Labute approximate surface area is 179 Å². The molecule has 1 aliphatic heterocycles. The van der Waals surface area contributed by atoms with E-state index < -0.39 is 16.0 Å². The number of carboxylic acids is 1. The van der Waals surface area contributed by atoms with Gasteiger partial charge in [-0.05, 0) is 48.0 Å². The van der Waals surface area contributed by atoms with Crippen LogP contribution in [0.2, 0.25) is 0 Å². The summed E-state index contributed by atoms with van der Waals surface area (Å²) < 4.78 is 42.9. The van der Waals surface area contributed by atoms with Crippen LogP contribution in [0.15, 0.2) is 47.4 Å². The predicted molar refractivity (Wildman–Crippen MR) is 111 cm³/mol. The van der Waals surface area contributed by atoms with E-state index in [4.69, 9.17) is 19.3 Å². The van der Waals surface area contributed by atoms with E-state index in [1.807, 2.05) is 0 Å². The van der Waals surface area contributed by atoms with Crippen LogP contribution in [0.4, 0.5) is 0 Å². The molecule has 0 atom stereocenters. The third-order valence-electron chi connectivity index (χ3n) is 4.36. The van der Waals surface area contributed by atoms with Crippen LogP contribution in [-0.4, -0.2) is 52.1 Å². The minimum atomic E-state index is -3.85. The number of carboxylic acid groups (broad SMARTS) is 1. The fraction of sp³-hybridized carbons (Fsp3) is 0.238. The summed E-state index contributed by atoms with van der Waals surface area (Å²) in [5, 5.41) is 8.60. The lowest BCUT2D eigenvalue weighted by Gasteiger charge is -2.20. The molecule has 0 amide bonds. The standard InChI is InChI=1S/C21H21NO8S/c1-28-18-12-14(13-19-21(18)30-11-10-29-19)2-7-17(23)15-3-5-16(6-4-15)31(26,27)22-9-8-20(24)25/h2-7,12-13,22H,8-11H2,1H3,(H,24,25)/b7-2-. The zero-order valence-corrected chi connectivity index (χ0v) is 17.5. The van der Waals surface area contributed by atoms with Crippen LogP contribution >= 0.6 is 0 Å². The maximum Gasteiger partial charge on any atom is 0.304 e. The Hall–Kier alpha value is -3.37. The number of hydrogen-bond acceptors (Lipinski definition) is 7. The van der Waals surface area contributed by atoms with Crippen molar-refractivity contribution in [2.24, 2.45) is 0 Å². The van der Waals surface area contributed by atoms with Crippen molar-refractivity contribution in [1.82, 2.24) is 4.72 Å². The smallest absolute Gasteiger partial charge is 0.304 e. The maximum atomic E-state index is 12.5. The van der Waals surface area contributed by atoms with Crippen LogP contribution < -0.4 is 18.9 Å². The average molecular weight is 447 g/mol. The molecule has 3 rings (SSSR count). The highest BCUT2D eigenvalue weighted by Crippen LogP contribution is 2.40.